The van der Waals surface area contributed by atoms with Gasteiger partial charge in [-0.1, -0.05) is 0 Å². The molecule has 1 atom stereocenters. The molecule has 7 heteroatoms. The third kappa shape index (κ3) is 3.39. The second-order valence-electron chi connectivity index (χ2n) is 5.53. The zero-order chi connectivity index (χ0) is 17.3. The fourth-order valence-electron chi connectivity index (χ4n) is 2.34. The highest BCUT2D eigenvalue weighted by Crippen LogP contribution is 2.22. The Labute approximate surface area is 133 Å². The molecular formula is C16H19FN4O2. The third-order valence-electron chi connectivity index (χ3n) is 3.68. The second kappa shape index (κ2) is 6.20. The van der Waals surface area contributed by atoms with Gasteiger partial charge in [-0.3, -0.25) is 14.3 Å². The van der Waals surface area contributed by atoms with Gasteiger partial charge in [-0.15, -0.1) is 0 Å². The number of primary amides is 1. The lowest BCUT2D eigenvalue weighted by Gasteiger charge is -2.16. The van der Waals surface area contributed by atoms with E-state index in [1.807, 2.05) is 19.9 Å². The van der Waals surface area contributed by atoms with Crippen molar-refractivity contribution in [2.75, 3.05) is 5.32 Å². The van der Waals surface area contributed by atoms with Crippen LogP contribution in [0.4, 0.5) is 10.1 Å². The number of nitrogens with two attached hydrogens (primary N) is 1. The van der Waals surface area contributed by atoms with Gasteiger partial charge in [0.2, 0.25) is 11.8 Å². The Morgan fingerprint density at radius 2 is 1.91 bits per heavy atom. The van der Waals surface area contributed by atoms with Crippen molar-refractivity contribution in [2.45, 2.75) is 33.7 Å². The number of carbonyl (C=O) groups is 2. The molecule has 2 rings (SSSR count). The fraction of sp³-hybridized carbons (Fsp3) is 0.312. The zero-order valence-electron chi connectivity index (χ0n) is 13.5. The first-order chi connectivity index (χ1) is 10.7. The monoisotopic (exact) mass is 318 g/mol. The Morgan fingerprint density at radius 3 is 2.43 bits per heavy atom. The molecule has 1 aromatic carbocycles. The minimum absolute atomic E-state index is 0.00201. The number of benzene rings is 1. The number of hydrogen-bond acceptors (Lipinski definition) is 3. The van der Waals surface area contributed by atoms with Crippen molar-refractivity contribution in [1.29, 1.82) is 0 Å². The van der Waals surface area contributed by atoms with Gasteiger partial charge in [0.25, 0.3) is 0 Å². The van der Waals surface area contributed by atoms with Crippen molar-refractivity contribution >= 4 is 17.5 Å². The van der Waals surface area contributed by atoms with Crippen molar-refractivity contribution in [2.24, 2.45) is 5.73 Å². The number of anilines is 1. The standard InChI is InChI=1S/C16H19FN4O2/c1-8-5-9(2)21(20-8)11(4)16(23)19-14-7-12(15(18)22)6-13(17)10(14)3/h5-7,11H,1-4H3,(H2,18,22)(H,19,23)/t11-/m1/s1. The number of amides is 2. The number of nitrogens with zero attached hydrogens (tertiary/aromatic N) is 2. The smallest absolute Gasteiger partial charge is 0.248 e. The molecule has 0 saturated carbocycles. The maximum absolute atomic E-state index is 13.9. The Morgan fingerprint density at radius 1 is 1.26 bits per heavy atom. The molecule has 2 aromatic rings. The van der Waals surface area contributed by atoms with Crippen LogP contribution < -0.4 is 11.1 Å². The molecule has 0 aliphatic heterocycles. The van der Waals surface area contributed by atoms with E-state index in [0.29, 0.717) is 0 Å². The average Bonchev–Trinajstić information content (AvgIpc) is 2.81. The lowest BCUT2D eigenvalue weighted by Crippen LogP contribution is -2.26. The molecule has 2 amide bonds. The second-order valence-corrected chi connectivity index (χ2v) is 5.53. The summed E-state index contributed by atoms with van der Waals surface area (Å²) in [6.45, 7) is 6.90. The summed E-state index contributed by atoms with van der Waals surface area (Å²) < 4.78 is 15.5. The van der Waals surface area contributed by atoms with Gasteiger partial charge >= 0.3 is 0 Å². The van der Waals surface area contributed by atoms with E-state index >= 15 is 0 Å². The first-order valence-electron chi connectivity index (χ1n) is 7.14. The maximum Gasteiger partial charge on any atom is 0.248 e. The van der Waals surface area contributed by atoms with Crippen molar-refractivity contribution in [3.05, 3.63) is 46.5 Å². The topological polar surface area (TPSA) is 90.0 Å². The van der Waals surface area contributed by atoms with E-state index in [4.69, 9.17) is 5.73 Å². The first kappa shape index (κ1) is 16.7. The molecule has 1 aromatic heterocycles. The normalized spacial score (nSPS) is 12.0. The van der Waals surface area contributed by atoms with Gasteiger partial charge in [-0.05, 0) is 45.9 Å². The van der Waals surface area contributed by atoms with Crippen LogP contribution in [0.5, 0.6) is 0 Å². The Hall–Kier alpha value is -2.70. The summed E-state index contributed by atoms with van der Waals surface area (Å²) in [5.74, 6) is -1.72. The Kier molecular flexibility index (Phi) is 4.49. The molecule has 0 radical (unpaired) electrons. The predicted octanol–water partition coefficient (Wildman–Crippen LogP) is 2.25. The van der Waals surface area contributed by atoms with E-state index < -0.39 is 17.8 Å². The van der Waals surface area contributed by atoms with E-state index in [2.05, 4.69) is 10.4 Å². The van der Waals surface area contributed by atoms with E-state index in [1.54, 1.807) is 11.6 Å². The quantitative estimate of drug-likeness (QED) is 0.906. The zero-order valence-corrected chi connectivity index (χ0v) is 13.5. The molecule has 6 nitrogen and oxygen atoms in total. The summed E-state index contributed by atoms with van der Waals surface area (Å²) in [5.41, 5.74) is 7.29. The van der Waals surface area contributed by atoms with E-state index in [0.717, 1.165) is 17.5 Å². The summed E-state index contributed by atoms with van der Waals surface area (Å²) in [6.07, 6.45) is 0. The molecule has 0 unspecified atom stereocenters. The van der Waals surface area contributed by atoms with Gasteiger partial charge < -0.3 is 11.1 Å². The molecule has 0 aliphatic rings. The summed E-state index contributed by atoms with van der Waals surface area (Å²) in [4.78, 5) is 23.6. The molecule has 23 heavy (non-hydrogen) atoms. The number of nitrogens with one attached hydrogen (secondary N) is 1. The number of aromatic nitrogens is 2. The molecule has 122 valence electrons. The van der Waals surface area contributed by atoms with E-state index in [1.165, 1.54) is 13.0 Å². The summed E-state index contributed by atoms with van der Waals surface area (Å²) in [5, 5.41) is 6.90. The van der Waals surface area contributed by atoms with Gasteiger partial charge in [0, 0.05) is 22.5 Å². The third-order valence-corrected chi connectivity index (χ3v) is 3.68. The highest BCUT2D eigenvalue weighted by molar-refractivity contribution is 5.98. The van der Waals surface area contributed by atoms with Crippen LogP contribution in [0, 0.1) is 26.6 Å². The molecular weight excluding hydrogens is 299 g/mol. The first-order valence-corrected chi connectivity index (χ1v) is 7.14. The molecule has 1 heterocycles. The minimum Gasteiger partial charge on any atom is -0.366 e. The Balaban J connectivity index is 2.29. The molecule has 0 saturated heterocycles. The fourth-order valence-corrected chi connectivity index (χ4v) is 2.34. The van der Waals surface area contributed by atoms with Gasteiger partial charge in [-0.25, -0.2) is 4.39 Å². The van der Waals surface area contributed by atoms with Gasteiger partial charge in [0.1, 0.15) is 11.9 Å². The van der Waals surface area contributed by atoms with Crippen LogP contribution in [0.25, 0.3) is 0 Å². The molecule has 3 N–H and O–H groups in total. The van der Waals surface area contributed by atoms with Crippen molar-refractivity contribution < 1.29 is 14.0 Å². The van der Waals surface area contributed by atoms with Crippen LogP contribution in [0.3, 0.4) is 0 Å². The number of aryl methyl sites for hydroxylation is 2. The number of carbonyl (C=O) groups excluding carboxylic acids is 2. The highest BCUT2D eigenvalue weighted by atomic mass is 19.1. The van der Waals surface area contributed by atoms with Crippen LogP contribution in [0.1, 0.15) is 40.3 Å². The SMILES string of the molecule is Cc1cc(C)n([C@H](C)C(=O)Nc2cc(C(N)=O)cc(F)c2C)n1. The molecule has 0 aliphatic carbocycles. The summed E-state index contributed by atoms with van der Waals surface area (Å²) in [7, 11) is 0. The van der Waals surface area contributed by atoms with Crippen LogP contribution >= 0.6 is 0 Å². The lowest BCUT2D eigenvalue weighted by molar-refractivity contribution is -0.119. The molecule has 0 spiro atoms. The number of rotatable bonds is 4. The average molecular weight is 318 g/mol. The lowest BCUT2D eigenvalue weighted by atomic mass is 10.1. The van der Waals surface area contributed by atoms with E-state index in [9.17, 15) is 14.0 Å². The highest BCUT2D eigenvalue weighted by Gasteiger charge is 2.20. The summed E-state index contributed by atoms with van der Waals surface area (Å²) >= 11 is 0. The maximum atomic E-state index is 13.9. The van der Waals surface area contributed by atoms with Crippen LogP contribution in [0.15, 0.2) is 18.2 Å². The van der Waals surface area contributed by atoms with E-state index in [-0.39, 0.29) is 22.7 Å². The molecule has 0 bridgehead atoms. The van der Waals surface area contributed by atoms with Crippen molar-refractivity contribution in [3.8, 4) is 0 Å². The summed E-state index contributed by atoms with van der Waals surface area (Å²) in [6, 6.07) is 3.70. The largest absolute Gasteiger partial charge is 0.366 e. The van der Waals surface area contributed by atoms with Crippen LogP contribution in [-0.2, 0) is 4.79 Å². The van der Waals surface area contributed by atoms with Gasteiger partial charge in [-0.2, -0.15) is 5.10 Å². The van der Waals surface area contributed by atoms with Crippen LogP contribution in [0.2, 0.25) is 0 Å². The minimum atomic E-state index is -0.758. The predicted molar refractivity (Wildman–Crippen MR) is 84.7 cm³/mol. The molecule has 0 fully saturated rings. The number of halogens is 1. The van der Waals surface area contributed by atoms with Crippen LogP contribution in [-0.4, -0.2) is 21.6 Å². The van der Waals surface area contributed by atoms with Crippen molar-refractivity contribution in [1.82, 2.24) is 9.78 Å². The number of hydrogen-bond donors (Lipinski definition) is 2. The van der Waals surface area contributed by atoms with Gasteiger partial charge in [0.15, 0.2) is 0 Å². The van der Waals surface area contributed by atoms with Gasteiger partial charge in [0.05, 0.1) is 5.69 Å². The Bertz CT molecular complexity index is 783. The van der Waals surface area contributed by atoms with Crippen molar-refractivity contribution in [3.63, 3.8) is 0 Å².